The predicted molar refractivity (Wildman–Crippen MR) is 111 cm³/mol. The van der Waals surface area contributed by atoms with Crippen molar-refractivity contribution in [1.82, 2.24) is 5.32 Å². The summed E-state index contributed by atoms with van der Waals surface area (Å²) in [6, 6.07) is 9.26. The molecule has 0 fully saturated rings. The smallest absolute Gasteiger partial charge is 0.340 e. The summed E-state index contributed by atoms with van der Waals surface area (Å²) in [5, 5.41) is 2.65. The Kier molecular flexibility index (Phi) is 8.35. The maximum Gasteiger partial charge on any atom is 0.340 e. The molecule has 2 aromatic carbocycles. The maximum atomic E-state index is 13.4. The van der Waals surface area contributed by atoms with E-state index in [9.17, 15) is 22.4 Å². The summed E-state index contributed by atoms with van der Waals surface area (Å²) in [4.78, 5) is 24.0. The molecular formula is C21H25FN2O5S. The van der Waals surface area contributed by atoms with E-state index < -0.39 is 34.3 Å². The molecule has 0 bridgehead atoms. The Bertz CT molecular complexity index is 1010. The summed E-state index contributed by atoms with van der Waals surface area (Å²) in [5.41, 5.74) is 0.127. The second kappa shape index (κ2) is 10.7. The second-order valence-corrected chi connectivity index (χ2v) is 8.38. The number of halogens is 1. The number of aryl methyl sites for hydroxylation is 1. The van der Waals surface area contributed by atoms with Crippen molar-refractivity contribution in [3.05, 3.63) is 59.4 Å². The van der Waals surface area contributed by atoms with Crippen LogP contribution in [0.5, 0.6) is 0 Å². The third-order valence-electron chi connectivity index (χ3n) is 4.27. The van der Waals surface area contributed by atoms with Crippen molar-refractivity contribution < 1.29 is 27.1 Å². The first-order chi connectivity index (χ1) is 14.2. The van der Waals surface area contributed by atoms with E-state index in [-0.39, 0.29) is 21.7 Å². The number of hydrogen-bond acceptors (Lipinski definition) is 5. The second-order valence-electron chi connectivity index (χ2n) is 6.70. The minimum Gasteiger partial charge on any atom is -0.452 e. The Morgan fingerprint density at radius 1 is 1.10 bits per heavy atom. The molecule has 0 heterocycles. The van der Waals surface area contributed by atoms with Crippen LogP contribution in [-0.2, 0) is 19.6 Å². The van der Waals surface area contributed by atoms with Gasteiger partial charge in [0.1, 0.15) is 5.82 Å². The van der Waals surface area contributed by atoms with Gasteiger partial charge in [0.25, 0.3) is 15.9 Å². The largest absolute Gasteiger partial charge is 0.452 e. The number of benzene rings is 2. The van der Waals surface area contributed by atoms with Gasteiger partial charge in [-0.3, -0.25) is 9.52 Å². The number of carbonyl (C=O) groups is 2. The van der Waals surface area contributed by atoms with Gasteiger partial charge in [0.2, 0.25) is 0 Å². The van der Waals surface area contributed by atoms with Crippen molar-refractivity contribution in [2.45, 2.75) is 38.0 Å². The number of amides is 1. The Morgan fingerprint density at radius 2 is 1.83 bits per heavy atom. The van der Waals surface area contributed by atoms with Crippen molar-refractivity contribution in [1.29, 1.82) is 0 Å². The Morgan fingerprint density at radius 3 is 2.53 bits per heavy atom. The Balaban J connectivity index is 2.07. The van der Waals surface area contributed by atoms with Gasteiger partial charge in [-0.2, -0.15) is 0 Å². The topological polar surface area (TPSA) is 102 Å². The molecular weight excluding hydrogens is 411 g/mol. The number of rotatable bonds is 10. The van der Waals surface area contributed by atoms with Crippen molar-refractivity contribution in [3.8, 4) is 0 Å². The predicted octanol–water partition coefficient (Wildman–Crippen LogP) is 3.40. The molecule has 0 radical (unpaired) electrons. The molecule has 1 amide bonds. The average Bonchev–Trinajstić information content (AvgIpc) is 2.71. The van der Waals surface area contributed by atoms with Crippen LogP contribution >= 0.6 is 0 Å². The number of hydrogen-bond donors (Lipinski definition) is 2. The normalized spacial score (nSPS) is 11.0. The lowest BCUT2D eigenvalue weighted by atomic mass is 10.2. The highest BCUT2D eigenvalue weighted by molar-refractivity contribution is 7.92. The molecule has 0 saturated carbocycles. The summed E-state index contributed by atoms with van der Waals surface area (Å²) in [6.07, 6.45) is 2.85. The number of ether oxygens (including phenoxy) is 1. The van der Waals surface area contributed by atoms with Gasteiger partial charge in [0, 0.05) is 6.54 Å². The molecule has 0 aliphatic heterocycles. The highest BCUT2D eigenvalue weighted by Crippen LogP contribution is 2.22. The van der Waals surface area contributed by atoms with Crippen LogP contribution in [-0.4, -0.2) is 33.4 Å². The van der Waals surface area contributed by atoms with E-state index in [2.05, 4.69) is 10.0 Å². The summed E-state index contributed by atoms with van der Waals surface area (Å²) in [5.74, 6) is -1.79. The SMILES string of the molecule is CCCCCNC(=O)COC(=O)c1ccccc1NS(=O)(=O)c1ccc(F)c(C)c1. The lowest BCUT2D eigenvalue weighted by Crippen LogP contribution is -2.29. The molecule has 0 spiro atoms. The van der Waals surface area contributed by atoms with Crippen LogP contribution in [0.3, 0.4) is 0 Å². The highest BCUT2D eigenvalue weighted by Gasteiger charge is 2.20. The van der Waals surface area contributed by atoms with E-state index in [1.165, 1.54) is 25.1 Å². The van der Waals surface area contributed by atoms with Crippen LogP contribution in [0.1, 0.15) is 42.1 Å². The molecule has 0 aliphatic rings. The molecule has 0 saturated heterocycles. The maximum absolute atomic E-state index is 13.4. The third kappa shape index (κ3) is 6.55. The van der Waals surface area contributed by atoms with E-state index in [4.69, 9.17) is 4.74 Å². The average molecular weight is 437 g/mol. The fourth-order valence-corrected chi connectivity index (χ4v) is 3.77. The molecule has 7 nitrogen and oxygen atoms in total. The van der Waals surface area contributed by atoms with E-state index in [0.717, 1.165) is 31.4 Å². The molecule has 0 aliphatic carbocycles. The molecule has 2 N–H and O–H groups in total. The summed E-state index contributed by atoms with van der Waals surface area (Å²) < 4.78 is 46.0. The van der Waals surface area contributed by atoms with Crippen LogP contribution in [0.25, 0.3) is 0 Å². The number of para-hydroxylation sites is 1. The number of unbranched alkanes of at least 4 members (excludes halogenated alkanes) is 2. The van der Waals surface area contributed by atoms with Gasteiger partial charge in [-0.15, -0.1) is 0 Å². The number of sulfonamides is 1. The fraction of sp³-hybridized carbons (Fsp3) is 0.333. The zero-order valence-electron chi connectivity index (χ0n) is 16.9. The summed E-state index contributed by atoms with van der Waals surface area (Å²) >= 11 is 0. The molecule has 162 valence electrons. The van der Waals surface area contributed by atoms with Crippen molar-refractivity contribution in [3.63, 3.8) is 0 Å². The van der Waals surface area contributed by atoms with Crippen molar-refractivity contribution in [2.75, 3.05) is 17.9 Å². The van der Waals surface area contributed by atoms with E-state index >= 15 is 0 Å². The number of esters is 1. The van der Waals surface area contributed by atoms with E-state index in [1.807, 2.05) is 6.92 Å². The highest BCUT2D eigenvalue weighted by atomic mass is 32.2. The van der Waals surface area contributed by atoms with Gasteiger partial charge in [-0.25, -0.2) is 17.6 Å². The van der Waals surface area contributed by atoms with Gasteiger partial charge in [0.05, 0.1) is 16.1 Å². The monoisotopic (exact) mass is 436 g/mol. The molecule has 30 heavy (non-hydrogen) atoms. The van der Waals surface area contributed by atoms with Crippen LogP contribution in [0.15, 0.2) is 47.4 Å². The minimum absolute atomic E-state index is 0.00664. The summed E-state index contributed by atoms with van der Waals surface area (Å²) in [6.45, 7) is 3.53. The lowest BCUT2D eigenvalue weighted by molar-refractivity contribution is -0.124. The van der Waals surface area contributed by atoms with Crippen LogP contribution < -0.4 is 10.0 Å². The quantitative estimate of drug-likeness (QED) is 0.439. The molecule has 0 aromatic heterocycles. The Labute approximate surface area is 175 Å². The molecule has 2 aromatic rings. The molecule has 9 heteroatoms. The van der Waals surface area contributed by atoms with E-state index in [0.29, 0.717) is 6.54 Å². The van der Waals surface area contributed by atoms with Crippen molar-refractivity contribution >= 4 is 27.6 Å². The minimum atomic E-state index is -4.06. The first-order valence-electron chi connectivity index (χ1n) is 9.56. The zero-order valence-corrected chi connectivity index (χ0v) is 17.7. The van der Waals surface area contributed by atoms with Crippen molar-refractivity contribution in [2.24, 2.45) is 0 Å². The standard InChI is InChI=1S/C21H25FN2O5S/c1-3-4-7-12-23-20(25)14-29-21(26)17-8-5-6-9-19(17)24-30(27,28)16-10-11-18(22)15(2)13-16/h5-6,8-11,13,24H,3-4,7,12,14H2,1-2H3,(H,23,25). The zero-order chi connectivity index (χ0) is 22.1. The van der Waals surface area contributed by atoms with Gasteiger partial charge >= 0.3 is 5.97 Å². The van der Waals surface area contributed by atoms with Crippen LogP contribution in [0, 0.1) is 12.7 Å². The number of anilines is 1. The van der Waals surface area contributed by atoms with Gasteiger partial charge in [0.15, 0.2) is 6.61 Å². The molecule has 0 unspecified atom stereocenters. The summed E-state index contributed by atoms with van der Waals surface area (Å²) in [7, 11) is -4.06. The fourth-order valence-electron chi connectivity index (χ4n) is 2.60. The van der Waals surface area contributed by atoms with Crippen LogP contribution in [0.4, 0.5) is 10.1 Å². The van der Waals surface area contributed by atoms with Gasteiger partial charge in [-0.05, 0) is 49.2 Å². The first kappa shape index (κ1) is 23.3. The van der Waals surface area contributed by atoms with E-state index in [1.54, 1.807) is 12.1 Å². The number of carbonyl (C=O) groups excluding carboxylic acids is 2. The third-order valence-corrected chi connectivity index (χ3v) is 5.63. The van der Waals surface area contributed by atoms with Gasteiger partial charge < -0.3 is 10.1 Å². The number of nitrogens with one attached hydrogen (secondary N) is 2. The van der Waals surface area contributed by atoms with Gasteiger partial charge in [-0.1, -0.05) is 31.9 Å². The molecule has 2 rings (SSSR count). The lowest BCUT2D eigenvalue weighted by Gasteiger charge is -2.13. The van der Waals surface area contributed by atoms with Crippen LogP contribution in [0.2, 0.25) is 0 Å². The Hall–Kier alpha value is -2.94. The molecule has 0 atom stereocenters. The first-order valence-corrected chi connectivity index (χ1v) is 11.0.